The highest BCUT2D eigenvalue weighted by molar-refractivity contribution is 7.45. The zero-order valence-electron chi connectivity index (χ0n) is 34.5. The number of ether oxygens (including phenoxy) is 3. The Labute approximate surface area is 353 Å². The van der Waals surface area contributed by atoms with E-state index in [0.29, 0.717) is 5.56 Å². The second-order valence-corrected chi connectivity index (χ2v) is 21.4. The van der Waals surface area contributed by atoms with E-state index in [-0.39, 0.29) is 25.3 Å². The lowest BCUT2D eigenvalue weighted by molar-refractivity contribution is -0.0364. The first-order valence-electron chi connectivity index (χ1n) is 20.5. The van der Waals surface area contributed by atoms with Crippen LogP contribution in [0.4, 0.5) is 0 Å². The Kier molecular flexibility index (Phi) is 12.6. The molecule has 12 heteroatoms. The summed E-state index contributed by atoms with van der Waals surface area (Å²) < 4.78 is 36.7. The summed E-state index contributed by atoms with van der Waals surface area (Å²) in [5, 5.41) is 2.74. The van der Waals surface area contributed by atoms with Gasteiger partial charge in [-0.05, 0) is 66.8 Å². The fourth-order valence-electron chi connectivity index (χ4n) is 8.79. The summed E-state index contributed by atoms with van der Waals surface area (Å²) in [7, 11) is -0.506. The minimum Gasteiger partial charge on any atom is -0.497 e. The molecule has 0 bridgehead atoms. The van der Waals surface area contributed by atoms with E-state index in [4.69, 9.17) is 23.3 Å². The number of methoxy groups -OCH3 is 2. The van der Waals surface area contributed by atoms with Gasteiger partial charge in [0.25, 0.3) is 14.1 Å². The molecule has 3 heterocycles. The SMILES string of the molecule is COc1ccc(C(OC[C@H](Cn2cc(C)c(=O)[nH]c2=O)O[P@@]2O[C@H](C[Si](C)(c3ccccc3)c3ccccc3)[C@@H]3CCCN32)(c2ccccc2)c2ccc(OC)cc2)cc1. The largest absolute Gasteiger partial charge is 0.497 e. The molecule has 0 unspecified atom stereocenters. The van der Waals surface area contributed by atoms with Crippen LogP contribution in [0.3, 0.4) is 0 Å². The van der Waals surface area contributed by atoms with Crippen molar-refractivity contribution in [1.29, 1.82) is 0 Å². The van der Waals surface area contributed by atoms with E-state index in [1.54, 1.807) is 27.3 Å². The lowest BCUT2D eigenvalue weighted by Gasteiger charge is -2.37. The highest BCUT2D eigenvalue weighted by atomic mass is 31.2. The van der Waals surface area contributed by atoms with Crippen LogP contribution in [-0.2, 0) is 25.9 Å². The number of fused-ring (bicyclic) bond motifs is 1. The predicted molar refractivity (Wildman–Crippen MR) is 239 cm³/mol. The summed E-state index contributed by atoms with van der Waals surface area (Å²) in [6, 6.07) is 48.8. The molecule has 2 saturated heterocycles. The summed E-state index contributed by atoms with van der Waals surface area (Å²) in [6.45, 7) is 5.20. The summed E-state index contributed by atoms with van der Waals surface area (Å²) in [6.07, 6.45) is 2.96. The summed E-state index contributed by atoms with van der Waals surface area (Å²) in [5.74, 6) is 1.44. The molecule has 4 atom stereocenters. The van der Waals surface area contributed by atoms with Crippen LogP contribution in [0.2, 0.25) is 12.6 Å². The van der Waals surface area contributed by atoms with Crippen LogP contribution in [0, 0.1) is 6.92 Å². The Morgan fingerprint density at radius 3 is 1.87 bits per heavy atom. The highest BCUT2D eigenvalue weighted by Gasteiger charge is 2.51. The van der Waals surface area contributed by atoms with Crippen molar-refractivity contribution in [2.45, 2.75) is 62.8 Å². The number of nitrogens with zero attached hydrogens (tertiary/aromatic N) is 2. The van der Waals surface area contributed by atoms with Crippen LogP contribution in [0.5, 0.6) is 11.5 Å². The standard InChI is InChI=1S/C48H52N3O7PSi/c1-35-31-50(47(53)49-46(35)52)32-41(33-56-48(36-15-8-5-9-16-36,37-22-26-39(54-2)27-23-37)38-24-28-40(55-3)29-25-38)57-59-51-30-14-21-44(51)45(58-59)34-60(4,42-17-10-6-11-18-42)43-19-12-7-13-20-43/h5-13,15-20,22-29,31,41,44-45H,14,21,30,32-34H2,1-4H3,(H,49,52,53)/t41-,44-,45+,59-/m0/s1. The van der Waals surface area contributed by atoms with E-state index in [1.165, 1.54) is 14.9 Å². The summed E-state index contributed by atoms with van der Waals surface area (Å²) >= 11 is 0. The molecule has 0 amide bonds. The number of nitrogens with one attached hydrogen (secondary N) is 1. The average Bonchev–Trinajstić information content (AvgIpc) is 3.91. The maximum absolute atomic E-state index is 13.4. The van der Waals surface area contributed by atoms with E-state index in [0.717, 1.165) is 53.6 Å². The van der Waals surface area contributed by atoms with Crippen LogP contribution in [0.1, 0.15) is 35.1 Å². The number of hydrogen-bond donors (Lipinski definition) is 1. The van der Waals surface area contributed by atoms with Gasteiger partial charge in [0.1, 0.15) is 31.3 Å². The number of benzene rings is 5. The van der Waals surface area contributed by atoms with Crippen LogP contribution in [0.15, 0.2) is 155 Å². The lowest BCUT2D eigenvalue weighted by Crippen LogP contribution is -2.58. The molecular formula is C48H52N3O7PSi. The van der Waals surface area contributed by atoms with E-state index in [1.807, 2.05) is 66.7 Å². The van der Waals surface area contributed by atoms with Crippen molar-refractivity contribution in [3.05, 3.63) is 189 Å². The number of aryl methyl sites for hydroxylation is 1. The van der Waals surface area contributed by atoms with E-state index in [2.05, 4.69) is 89.0 Å². The van der Waals surface area contributed by atoms with Crippen molar-refractivity contribution in [3.63, 3.8) is 0 Å². The molecule has 5 aromatic carbocycles. The summed E-state index contributed by atoms with van der Waals surface area (Å²) in [4.78, 5) is 28.3. The highest BCUT2D eigenvalue weighted by Crippen LogP contribution is 2.58. The van der Waals surface area contributed by atoms with E-state index in [9.17, 15) is 9.59 Å². The van der Waals surface area contributed by atoms with Gasteiger partial charge in [0, 0.05) is 24.3 Å². The van der Waals surface area contributed by atoms with E-state index < -0.39 is 39.6 Å². The molecule has 10 nitrogen and oxygen atoms in total. The van der Waals surface area contributed by atoms with Gasteiger partial charge in [0.15, 0.2) is 0 Å². The van der Waals surface area contributed by atoms with Crippen molar-refractivity contribution in [1.82, 2.24) is 14.2 Å². The van der Waals surface area contributed by atoms with Crippen molar-refractivity contribution >= 4 is 27.0 Å². The first-order chi connectivity index (χ1) is 29.2. The molecule has 0 saturated carbocycles. The van der Waals surface area contributed by atoms with Crippen molar-refractivity contribution < 1.29 is 23.3 Å². The Morgan fingerprint density at radius 2 is 1.32 bits per heavy atom. The van der Waals surface area contributed by atoms with Gasteiger partial charge in [-0.2, -0.15) is 0 Å². The zero-order valence-corrected chi connectivity index (χ0v) is 36.4. The minimum absolute atomic E-state index is 0.0442. The zero-order chi connectivity index (χ0) is 41.7. The van der Waals surface area contributed by atoms with Gasteiger partial charge in [0.2, 0.25) is 0 Å². The Balaban J connectivity index is 1.17. The molecule has 1 aromatic heterocycles. The molecule has 0 radical (unpaired) electrons. The van der Waals surface area contributed by atoms with Gasteiger partial charge >= 0.3 is 5.69 Å². The fourth-order valence-corrected chi connectivity index (χ4v) is 14.7. The molecule has 0 aliphatic carbocycles. The first-order valence-corrected chi connectivity index (χ1v) is 24.4. The molecule has 310 valence electrons. The summed E-state index contributed by atoms with van der Waals surface area (Å²) in [5.41, 5.74) is 1.05. The van der Waals surface area contributed by atoms with Crippen LogP contribution in [-0.4, -0.2) is 67.9 Å². The third-order valence-electron chi connectivity index (χ3n) is 12.1. The first kappa shape index (κ1) is 41.6. The van der Waals surface area contributed by atoms with Gasteiger partial charge in [0.05, 0.1) is 33.5 Å². The molecule has 2 fully saturated rings. The maximum Gasteiger partial charge on any atom is 0.328 e. The van der Waals surface area contributed by atoms with Crippen LogP contribution in [0.25, 0.3) is 0 Å². The van der Waals surface area contributed by atoms with Gasteiger partial charge in [-0.15, -0.1) is 0 Å². The molecular weight excluding hydrogens is 790 g/mol. The van der Waals surface area contributed by atoms with Crippen LogP contribution >= 0.6 is 8.53 Å². The molecule has 2 aliphatic rings. The smallest absolute Gasteiger partial charge is 0.328 e. The number of H-pyrrole nitrogens is 1. The molecule has 1 N–H and O–H groups in total. The van der Waals surface area contributed by atoms with Crippen molar-refractivity contribution in [3.8, 4) is 11.5 Å². The van der Waals surface area contributed by atoms with Gasteiger partial charge < -0.3 is 23.3 Å². The van der Waals surface area contributed by atoms with Crippen molar-refractivity contribution in [2.24, 2.45) is 0 Å². The maximum atomic E-state index is 13.4. The van der Waals surface area contributed by atoms with Gasteiger partial charge in [-0.1, -0.05) is 132 Å². The Hall–Kier alpha value is -5.13. The Morgan fingerprint density at radius 1 is 0.783 bits per heavy atom. The quantitative estimate of drug-likeness (QED) is 0.0619. The number of rotatable bonds is 16. The van der Waals surface area contributed by atoms with Gasteiger partial charge in [-0.25, -0.2) is 9.46 Å². The normalized spacial score (nSPS) is 18.6. The lowest BCUT2D eigenvalue weighted by atomic mass is 9.80. The monoisotopic (exact) mass is 841 g/mol. The number of hydrogen-bond acceptors (Lipinski definition) is 8. The molecule has 2 aliphatic heterocycles. The third-order valence-corrected chi connectivity index (χ3v) is 18.3. The molecule has 8 rings (SSSR count). The molecule has 6 aromatic rings. The van der Waals surface area contributed by atoms with Crippen LogP contribution < -0.4 is 31.1 Å². The fraction of sp³-hybridized carbons (Fsp3) is 0.292. The average molecular weight is 842 g/mol. The second kappa shape index (κ2) is 18.2. The van der Waals surface area contributed by atoms with E-state index >= 15 is 0 Å². The minimum atomic E-state index is -2.26. The molecule has 60 heavy (non-hydrogen) atoms. The van der Waals surface area contributed by atoms with Gasteiger partial charge in [-0.3, -0.25) is 14.3 Å². The Bertz CT molecular complexity index is 2360. The number of aromatic amines is 1. The second-order valence-electron chi connectivity index (χ2n) is 15.8. The van der Waals surface area contributed by atoms with Crippen molar-refractivity contribution in [2.75, 3.05) is 27.4 Å². The molecule has 0 spiro atoms. The third kappa shape index (κ3) is 8.43. The topological polar surface area (TPSA) is 104 Å². The predicted octanol–water partition coefficient (Wildman–Crippen LogP) is 7.24. The number of aromatic nitrogens is 2.